The minimum Gasteiger partial charge on any atom is -0.340 e. The number of anilines is 4. The average molecular weight is 568 g/mol. The van der Waals surface area contributed by atoms with Crippen LogP contribution in [0.2, 0.25) is 0 Å². The molecule has 1 atom stereocenters. The molecule has 0 spiro atoms. The van der Waals surface area contributed by atoms with Gasteiger partial charge in [0, 0.05) is 39.2 Å². The van der Waals surface area contributed by atoms with E-state index in [1.165, 1.54) is 39.1 Å². The molecule has 3 heteroatoms. The molecule has 1 aliphatic carbocycles. The molecular formula is C41H33N3. The number of hydrogen-bond donors (Lipinski definition) is 1. The predicted octanol–water partition coefficient (Wildman–Crippen LogP) is 10.4. The van der Waals surface area contributed by atoms with E-state index in [1.54, 1.807) is 0 Å². The van der Waals surface area contributed by atoms with Crippen LogP contribution in [0.5, 0.6) is 0 Å². The Labute approximate surface area is 259 Å². The van der Waals surface area contributed by atoms with Gasteiger partial charge >= 0.3 is 0 Å². The first-order valence-electron chi connectivity index (χ1n) is 15.3. The molecule has 3 nitrogen and oxygen atoms in total. The lowest BCUT2D eigenvalue weighted by Crippen LogP contribution is -2.22. The normalized spacial score (nSPS) is 15.8. The van der Waals surface area contributed by atoms with Gasteiger partial charge in [-0.05, 0) is 64.7 Å². The molecule has 0 amide bonds. The quantitative estimate of drug-likeness (QED) is 0.224. The maximum Gasteiger partial charge on any atom is 0.133 e. The van der Waals surface area contributed by atoms with Crippen LogP contribution in [0.3, 0.4) is 0 Å². The highest BCUT2D eigenvalue weighted by atomic mass is 15.1. The fourth-order valence-electron chi connectivity index (χ4n) is 6.94. The Morgan fingerprint density at radius 3 is 1.95 bits per heavy atom. The van der Waals surface area contributed by atoms with Crippen LogP contribution in [0.15, 0.2) is 157 Å². The molecule has 0 aromatic heterocycles. The third-order valence-electron chi connectivity index (χ3n) is 9.10. The van der Waals surface area contributed by atoms with Crippen molar-refractivity contribution in [1.29, 1.82) is 0 Å². The van der Waals surface area contributed by atoms with Crippen molar-refractivity contribution < 1.29 is 0 Å². The van der Waals surface area contributed by atoms with Crippen molar-refractivity contribution in [1.82, 2.24) is 0 Å². The number of fused-ring (bicyclic) bond motifs is 4. The molecule has 0 saturated heterocycles. The molecule has 1 unspecified atom stereocenters. The highest BCUT2D eigenvalue weighted by Crippen LogP contribution is 2.54. The number of hydrogen-bond acceptors (Lipinski definition) is 3. The zero-order valence-electron chi connectivity index (χ0n) is 24.9. The van der Waals surface area contributed by atoms with Crippen LogP contribution in [-0.2, 0) is 5.41 Å². The molecule has 44 heavy (non-hydrogen) atoms. The van der Waals surface area contributed by atoms with E-state index in [-0.39, 0.29) is 11.5 Å². The van der Waals surface area contributed by atoms with Crippen molar-refractivity contribution in [2.45, 2.75) is 25.3 Å². The first-order chi connectivity index (χ1) is 21.6. The van der Waals surface area contributed by atoms with Gasteiger partial charge in [-0.15, -0.1) is 0 Å². The summed E-state index contributed by atoms with van der Waals surface area (Å²) in [5.74, 6) is 0.895. The van der Waals surface area contributed by atoms with E-state index in [2.05, 4.69) is 176 Å². The zero-order chi connectivity index (χ0) is 29.7. The summed E-state index contributed by atoms with van der Waals surface area (Å²) in [6, 6.07) is 54.0. The Kier molecular flexibility index (Phi) is 6.20. The van der Waals surface area contributed by atoms with E-state index < -0.39 is 0 Å². The zero-order valence-corrected chi connectivity index (χ0v) is 24.9. The Morgan fingerprint density at radius 2 is 1.25 bits per heavy atom. The number of benzene rings is 6. The summed E-state index contributed by atoms with van der Waals surface area (Å²) in [5, 5.41) is 3.68. The molecule has 1 aliphatic heterocycles. The van der Waals surface area contributed by atoms with Crippen LogP contribution in [0.4, 0.5) is 22.7 Å². The molecular weight excluding hydrogens is 534 g/mol. The van der Waals surface area contributed by atoms with Crippen LogP contribution in [0, 0.1) is 0 Å². The predicted molar refractivity (Wildman–Crippen MR) is 184 cm³/mol. The van der Waals surface area contributed by atoms with Crippen molar-refractivity contribution in [2.24, 2.45) is 4.99 Å². The van der Waals surface area contributed by atoms with E-state index in [1.807, 2.05) is 0 Å². The van der Waals surface area contributed by atoms with Gasteiger partial charge in [0.1, 0.15) is 11.9 Å². The lowest BCUT2D eigenvalue weighted by Gasteiger charge is -2.28. The Morgan fingerprint density at radius 1 is 0.614 bits per heavy atom. The number of rotatable bonds is 5. The largest absolute Gasteiger partial charge is 0.340 e. The third kappa shape index (κ3) is 4.24. The minimum atomic E-state index is -0.140. The first-order valence-corrected chi connectivity index (χ1v) is 15.3. The monoisotopic (exact) mass is 567 g/mol. The maximum absolute atomic E-state index is 5.33. The minimum absolute atomic E-state index is 0.0668. The molecule has 212 valence electrons. The smallest absolute Gasteiger partial charge is 0.133 e. The summed E-state index contributed by atoms with van der Waals surface area (Å²) in [6.45, 7) is 4.68. The van der Waals surface area contributed by atoms with E-state index >= 15 is 0 Å². The van der Waals surface area contributed by atoms with Gasteiger partial charge in [-0.25, -0.2) is 0 Å². The first kappa shape index (κ1) is 26.2. The van der Waals surface area contributed by atoms with Gasteiger partial charge in [0.25, 0.3) is 0 Å². The molecule has 1 heterocycles. The van der Waals surface area contributed by atoms with Crippen LogP contribution >= 0.6 is 0 Å². The fourth-order valence-corrected chi connectivity index (χ4v) is 6.94. The average Bonchev–Trinajstić information content (AvgIpc) is 3.32. The SMILES string of the molecule is CC1(C)c2ccc(C3=NC(c4ccccc4)c4ccccc4N3)cc2-c2c(N(c3ccccc3)c3ccccc3)cccc21. The number of para-hydroxylation sites is 3. The molecule has 2 aliphatic rings. The highest BCUT2D eigenvalue weighted by molar-refractivity contribution is 6.11. The summed E-state index contributed by atoms with van der Waals surface area (Å²) in [6.07, 6.45) is 0. The maximum atomic E-state index is 5.33. The second-order valence-electron chi connectivity index (χ2n) is 12.1. The molecule has 0 radical (unpaired) electrons. The van der Waals surface area contributed by atoms with Crippen molar-refractivity contribution in [3.8, 4) is 11.1 Å². The topological polar surface area (TPSA) is 27.6 Å². The van der Waals surface area contributed by atoms with Gasteiger partial charge in [-0.3, -0.25) is 4.99 Å². The van der Waals surface area contributed by atoms with Crippen molar-refractivity contribution in [3.05, 3.63) is 179 Å². The summed E-state index contributed by atoms with van der Waals surface area (Å²) < 4.78 is 0. The molecule has 0 fully saturated rings. The lowest BCUT2D eigenvalue weighted by atomic mass is 9.82. The number of amidine groups is 1. The third-order valence-corrected chi connectivity index (χ3v) is 9.10. The second-order valence-corrected chi connectivity index (χ2v) is 12.1. The van der Waals surface area contributed by atoms with Gasteiger partial charge in [0.05, 0.1) is 5.69 Å². The van der Waals surface area contributed by atoms with Gasteiger partial charge < -0.3 is 10.2 Å². The summed E-state index contributed by atoms with van der Waals surface area (Å²) in [5.41, 5.74) is 13.1. The van der Waals surface area contributed by atoms with Crippen molar-refractivity contribution in [2.75, 3.05) is 10.2 Å². The molecule has 6 aromatic rings. The molecule has 0 bridgehead atoms. The fraction of sp³-hybridized carbons (Fsp3) is 0.0976. The molecule has 0 saturated carbocycles. The summed E-state index contributed by atoms with van der Waals surface area (Å²) >= 11 is 0. The van der Waals surface area contributed by atoms with Crippen LogP contribution < -0.4 is 10.2 Å². The lowest BCUT2D eigenvalue weighted by molar-refractivity contribution is 0.660. The summed E-state index contributed by atoms with van der Waals surface area (Å²) in [4.78, 5) is 7.71. The van der Waals surface area contributed by atoms with Gasteiger partial charge in [-0.1, -0.05) is 123 Å². The Bertz CT molecular complexity index is 1970. The summed E-state index contributed by atoms with van der Waals surface area (Å²) in [7, 11) is 0. The van der Waals surface area contributed by atoms with Gasteiger partial charge in [0.2, 0.25) is 0 Å². The van der Waals surface area contributed by atoms with Gasteiger partial charge in [-0.2, -0.15) is 0 Å². The van der Waals surface area contributed by atoms with E-state index in [9.17, 15) is 0 Å². The molecule has 8 rings (SSSR count). The van der Waals surface area contributed by atoms with Crippen LogP contribution in [0.1, 0.15) is 47.7 Å². The van der Waals surface area contributed by atoms with E-state index in [0.717, 1.165) is 28.5 Å². The van der Waals surface area contributed by atoms with E-state index in [4.69, 9.17) is 4.99 Å². The molecule has 1 N–H and O–H groups in total. The molecule has 6 aromatic carbocycles. The van der Waals surface area contributed by atoms with E-state index in [0.29, 0.717) is 0 Å². The highest BCUT2D eigenvalue weighted by Gasteiger charge is 2.38. The van der Waals surface area contributed by atoms with Crippen molar-refractivity contribution >= 4 is 28.6 Å². The Balaban J connectivity index is 1.31. The van der Waals surface area contributed by atoms with Crippen molar-refractivity contribution in [3.63, 3.8) is 0 Å². The number of nitrogens with one attached hydrogen (secondary N) is 1. The van der Waals surface area contributed by atoms with Crippen LogP contribution in [-0.4, -0.2) is 5.84 Å². The second kappa shape index (κ2) is 10.4. The van der Waals surface area contributed by atoms with Gasteiger partial charge in [0.15, 0.2) is 0 Å². The number of nitrogens with zero attached hydrogens (tertiary/aromatic N) is 2. The Hall–Kier alpha value is -5.41. The number of aliphatic imine (C=N–C) groups is 1. The van der Waals surface area contributed by atoms with Crippen LogP contribution in [0.25, 0.3) is 11.1 Å². The standard InChI is InChI=1S/C41H33N3/c1-41(2)34-26-25-29(40-42-36-23-13-12-21-32(36)39(43-40)28-15-6-3-7-16-28)27-33(34)38-35(41)22-14-24-37(38)44(30-17-8-4-9-18-30)31-19-10-5-11-20-31/h3-27,39H,1-2H3,(H,42,43).